The molecule has 3 unspecified atom stereocenters. The summed E-state index contributed by atoms with van der Waals surface area (Å²) in [7, 11) is -7.60. The van der Waals surface area contributed by atoms with E-state index in [2.05, 4.69) is 24.5 Å². The summed E-state index contributed by atoms with van der Waals surface area (Å²) in [5.74, 6) is 1.02. The van der Waals surface area contributed by atoms with Crippen molar-refractivity contribution in [2.45, 2.75) is 71.9 Å². The van der Waals surface area contributed by atoms with Crippen LogP contribution in [0.3, 0.4) is 0 Å². The van der Waals surface area contributed by atoms with Crippen LogP contribution in [0.25, 0.3) is 0 Å². The van der Waals surface area contributed by atoms with Crippen molar-refractivity contribution >= 4 is 20.2 Å². The highest BCUT2D eigenvalue weighted by atomic mass is 32.2. The molecule has 1 saturated carbocycles. The molecule has 0 aromatic rings. The lowest BCUT2D eigenvalue weighted by atomic mass is 9.78. The second kappa shape index (κ2) is 11.7. The monoisotopic (exact) mass is 430 g/mol. The van der Waals surface area contributed by atoms with Gasteiger partial charge in [-0.15, -0.1) is 0 Å². The van der Waals surface area contributed by atoms with Gasteiger partial charge in [0.05, 0.1) is 11.5 Å². The summed E-state index contributed by atoms with van der Waals surface area (Å²) in [6, 6.07) is 0.505. The first-order valence-corrected chi connectivity index (χ1v) is 12.7. The minimum absolute atomic E-state index is 0.106. The van der Waals surface area contributed by atoms with E-state index in [4.69, 9.17) is 9.11 Å². The van der Waals surface area contributed by atoms with Gasteiger partial charge in [0, 0.05) is 18.1 Å². The minimum atomic E-state index is -3.81. The van der Waals surface area contributed by atoms with E-state index in [9.17, 15) is 16.8 Å². The van der Waals surface area contributed by atoms with Gasteiger partial charge in [-0.25, -0.2) is 0 Å². The van der Waals surface area contributed by atoms with E-state index < -0.39 is 20.2 Å². The Labute approximate surface area is 165 Å². The molecule has 0 aromatic carbocycles. The van der Waals surface area contributed by atoms with Crippen LogP contribution >= 0.6 is 0 Å². The van der Waals surface area contributed by atoms with Crippen molar-refractivity contribution in [1.29, 1.82) is 0 Å². The van der Waals surface area contributed by atoms with Gasteiger partial charge in [-0.2, -0.15) is 16.8 Å². The van der Waals surface area contributed by atoms with Gasteiger partial charge in [0.25, 0.3) is 20.2 Å². The Bertz CT molecular complexity index is 614. The van der Waals surface area contributed by atoms with Gasteiger partial charge in [0.2, 0.25) is 0 Å². The Morgan fingerprint density at radius 2 is 1.48 bits per heavy atom. The fourth-order valence-corrected chi connectivity index (χ4v) is 3.84. The molecule has 0 spiro atoms. The van der Waals surface area contributed by atoms with Crippen LogP contribution in [0.2, 0.25) is 0 Å². The Hall–Kier alpha value is -0.260. The average molecular weight is 431 g/mol. The molecule has 1 aliphatic carbocycles. The highest BCUT2D eigenvalue weighted by molar-refractivity contribution is 7.86. The van der Waals surface area contributed by atoms with Crippen LogP contribution in [0.5, 0.6) is 0 Å². The Kier molecular flexibility index (Phi) is 11.6. The van der Waals surface area contributed by atoms with Crippen molar-refractivity contribution in [2.75, 3.05) is 24.6 Å². The van der Waals surface area contributed by atoms with E-state index in [1.165, 1.54) is 19.3 Å². The van der Waals surface area contributed by atoms with Crippen molar-refractivity contribution in [3.05, 3.63) is 0 Å². The molecule has 4 N–H and O–H groups in total. The standard InChI is InChI=1S/C11H23NO3S.C6H15NO3S/c1-9-5-3-6-11(10(9)2)12-7-4-8-16(13,14)15;1-6(2,3)7-4-5-11(8,9)10/h9-12H,3-8H2,1-2H3,(H,13,14,15);7H,4-5H2,1-3H3,(H,8,9,10). The zero-order valence-corrected chi connectivity index (χ0v) is 18.9. The fourth-order valence-electron chi connectivity index (χ4n) is 2.97. The molecule has 1 aliphatic rings. The van der Waals surface area contributed by atoms with Gasteiger partial charge in [-0.1, -0.05) is 26.7 Å². The van der Waals surface area contributed by atoms with Gasteiger partial charge in [0.1, 0.15) is 0 Å². The summed E-state index contributed by atoms with van der Waals surface area (Å²) >= 11 is 0. The molecule has 0 saturated heterocycles. The quantitative estimate of drug-likeness (QED) is 0.339. The molecular formula is C17H38N2O6S2. The van der Waals surface area contributed by atoms with Crippen LogP contribution in [-0.2, 0) is 20.2 Å². The molecule has 0 aliphatic heterocycles. The molecular weight excluding hydrogens is 392 g/mol. The van der Waals surface area contributed by atoms with Crippen molar-refractivity contribution in [3.8, 4) is 0 Å². The second-order valence-corrected chi connectivity index (χ2v) is 11.6. The number of nitrogens with one attached hydrogen (secondary N) is 2. The molecule has 1 rings (SSSR count). The maximum absolute atomic E-state index is 10.5. The highest BCUT2D eigenvalue weighted by Crippen LogP contribution is 2.29. The predicted octanol–water partition coefficient (Wildman–Crippen LogP) is 1.94. The van der Waals surface area contributed by atoms with E-state index >= 15 is 0 Å². The fraction of sp³-hybridized carbons (Fsp3) is 1.00. The third kappa shape index (κ3) is 16.4. The summed E-state index contributed by atoms with van der Waals surface area (Å²) in [5.41, 5.74) is -0.106. The van der Waals surface area contributed by atoms with Crippen molar-refractivity contribution in [1.82, 2.24) is 10.6 Å². The first-order valence-electron chi connectivity index (χ1n) is 9.49. The molecule has 0 heterocycles. The number of hydrogen-bond acceptors (Lipinski definition) is 6. The largest absolute Gasteiger partial charge is 0.314 e. The third-order valence-corrected chi connectivity index (χ3v) is 6.23. The molecule has 3 atom stereocenters. The summed E-state index contributed by atoms with van der Waals surface area (Å²) < 4.78 is 58.5. The van der Waals surface area contributed by atoms with Crippen molar-refractivity contribution < 1.29 is 25.9 Å². The lowest BCUT2D eigenvalue weighted by Gasteiger charge is -2.34. The maximum atomic E-state index is 10.5. The van der Waals surface area contributed by atoms with Gasteiger partial charge in [-0.05, 0) is 52.0 Å². The van der Waals surface area contributed by atoms with Gasteiger partial charge >= 0.3 is 0 Å². The normalized spacial score (nSPS) is 24.2. The molecule has 10 heteroatoms. The van der Waals surface area contributed by atoms with Crippen LogP contribution < -0.4 is 10.6 Å². The Morgan fingerprint density at radius 1 is 0.926 bits per heavy atom. The summed E-state index contributed by atoms with van der Waals surface area (Å²) in [6.07, 6.45) is 4.21. The summed E-state index contributed by atoms with van der Waals surface area (Å²) in [6.45, 7) is 11.3. The molecule has 0 radical (unpaired) electrons. The first kappa shape index (κ1) is 26.7. The van der Waals surface area contributed by atoms with Crippen molar-refractivity contribution in [3.63, 3.8) is 0 Å². The van der Waals surface area contributed by atoms with E-state index in [0.29, 0.717) is 24.9 Å². The Morgan fingerprint density at radius 3 is 1.96 bits per heavy atom. The van der Waals surface area contributed by atoms with Crippen LogP contribution in [0, 0.1) is 11.8 Å². The van der Waals surface area contributed by atoms with Gasteiger partial charge < -0.3 is 10.6 Å². The van der Waals surface area contributed by atoms with E-state index in [-0.39, 0.29) is 23.6 Å². The number of hydrogen-bond donors (Lipinski definition) is 4. The molecule has 0 aromatic heterocycles. The Balaban J connectivity index is 0.000000541. The lowest BCUT2D eigenvalue weighted by Crippen LogP contribution is -2.41. The SMILES string of the molecule is CC(C)(C)NCCS(=O)(=O)O.CC1CCCC(NCCCS(=O)(=O)O)C1C. The first-order chi connectivity index (χ1) is 12.1. The minimum Gasteiger partial charge on any atom is -0.314 e. The average Bonchev–Trinajstić information content (AvgIpc) is 2.44. The van der Waals surface area contributed by atoms with E-state index in [1.54, 1.807) is 0 Å². The lowest BCUT2D eigenvalue weighted by molar-refractivity contribution is 0.207. The zero-order chi connectivity index (χ0) is 21.3. The highest BCUT2D eigenvalue weighted by Gasteiger charge is 2.26. The smallest absolute Gasteiger partial charge is 0.266 e. The van der Waals surface area contributed by atoms with Crippen LogP contribution in [0.1, 0.15) is 60.3 Å². The second-order valence-electron chi connectivity index (χ2n) is 8.43. The van der Waals surface area contributed by atoms with Crippen LogP contribution in [-0.4, -0.2) is 62.1 Å². The third-order valence-electron chi connectivity index (χ3n) is 4.71. The maximum Gasteiger partial charge on any atom is 0.266 e. The van der Waals surface area contributed by atoms with Crippen LogP contribution in [0.15, 0.2) is 0 Å². The summed E-state index contributed by atoms with van der Waals surface area (Å²) in [5, 5.41) is 6.34. The molecule has 27 heavy (non-hydrogen) atoms. The molecule has 164 valence electrons. The predicted molar refractivity (Wildman–Crippen MR) is 109 cm³/mol. The molecule has 0 bridgehead atoms. The summed E-state index contributed by atoms with van der Waals surface area (Å²) in [4.78, 5) is 0. The van der Waals surface area contributed by atoms with E-state index in [0.717, 1.165) is 5.92 Å². The molecule has 8 nitrogen and oxygen atoms in total. The van der Waals surface area contributed by atoms with E-state index in [1.807, 2.05) is 20.8 Å². The van der Waals surface area contributed by atoms with Crippen LogP contribution in [0.4, 0.5) is 0 Å². The van der Waals surface area contributed by atoms with Gasteiger partial charge in [0.15, 0.2) is 0 Å². The van der Waals surface area contributed by atoms with Crippen molar-refractivity contribution in [2.24, 2.45) is 11.8 Å². The van der Waals surface area contributed by atoms with Gasteiger partial charge in [-0.3, -0.25) is 9.11 Å². The topological polar surface area (TPSA) is 133 Å². The molecule has 0 amide bonds. The number of rotatable bonds is 8. The molecule has 1 fully saturated rings. The zero-order valence-electron chi connectivity index (χ0n) is 17.2.